The van der Waals surface area contributed by atoms with Gasteiger partial charge in [-0.2, -0.15) is 8.42 Å². The first-order valence-electron chi connectivity index (χ1n) is 3.13. The van der Waals surface area contributed by atoms with Gasteiger partial charge in [-0.05, 0) is 0 Å². The van der Waals surface area contributed by atoms with Crippen LogP contribution in [0, 0.1) is 7.43 Å². The van der Waals surface area contributed by atoms with Gasteiger partial charge in [0.2, 0.25) is 0 Å². The van der Waals surface area contributed by atoms with Crippen molar-refractivity contribution < 1.29 is 79.9 Å². The molecule has 0 rings (SSSR count). The molecule has 0 heterocycles. The van der Waals surface area contributed by atoms with Crippen LogP contribution in [0.3, 0.4) is 0 Å². The summed E-state index contributed by atoms with van der Waals surface area (Å²) in [5.41, 5.74) is 0. The summed E-state index contributed by atoms with van der Waals surface area (Å²) in [6.45, 7) is 0. The van der Waals surface area contributed by atoms with E-state index in [9.17, 15) is 0 Å². The zero-order valence-corrected chi connectivity index (χ0v) is 16.9. The first-order chi connectivity index (χ1) is 10.4. The van der Waals surface area contributed by atoms with Gasteiger partial charge in [0, 0.05) is 0 Å². The van der Waals surface area contributed by atoms with E-state index in [2.05, 4.69) is 0 Å². The van der Waals surface area contributed by atoms with Gasteiger partial charge in [-0.3, -0.25) is 18.2 Å². The monoisotopic (exact) mass is 534 g/mol. The Morgan fingerprint density at radius 3 is 0.407 bits per heavy atom. The molecule has 172 valence electrons. The third-order valence-corrected chi connectivity index (χ3v) is 0. The molecule has 4 atom stereocenters. The third kappa shape index (κ3) is 135000. The van der Waals surface area contributed by atoms with E-state index < -0.39 is 68.2 Å². The Bertz CT molecular complexity index is 267. The van der Waals surface area contributed by atoms with Crippen LogP contribution in [0.5, 0.6) is 0 Å². The van der Waals surface area contributed by atoms with Gasteiger partial charge in [-0.1, -0.05) is 0 Å². The molecule has 0 aliphatic rings. The molecule has 0 aromatic heterocycles. The molecular formula is CH14N2O18S6. The van der Waals surface area contributed by atoms with Crippen LogP contribution in [0.1, 0.15) is 0 Å². The molecule has 0 aliphatic carbocycles. The molecule has 20 nitrogen and oxygen atoms in total. The van der Waals surface area contributed by atoms with Crippen LogP contribution in [0.2, 0.25) is 0 Å². The van der Waals surface area contributed by atoms with Gasteiger partial charge in [0.1, 0.15) is 0 Å². The molecule has 0 aromatic carbocycles. The molecule has 0 fully saturated rings. The predicted octanol–water partition coefficient (Wildman–Crippen LogP) is -2.88. The number of rotatable bonds is 0. The van der Waals surface area contributed by atoms with Crippen molar-refractivity contribution in [1.82, 2.24) is 12.3 Å². The van der Waals surface area contributed by atoms with Crippen molar-refractivity contribution in [2.75, 3.05) is 0 Å². The smallest absolute Gasteiger partial charge is 0.750 e. The van der Waals surface area contributed by atoms with E-state index in [1.165, 1.54) is 0 Å². The summed E-state index contributed by atoms with van der Waals surface area (Å²) in [5, 5.41) is 0. The van der Waals surface area contributed by atoms with E-state index in [4.69, 9.17) is 79.9 Å². The van der Waals surface area contributed by atoms with Crippen molar-refractivity contribution >= 4 is 68.2 Å². The Hall–Kier alpha value is 0.340. The van der Waals surface area contributed by atoms with Crippen molar-refractivity contribution in [3.8, 4) is 0 Å². The topological polar surface area (TPSA) is 426 Å². The van der Waals surface area contributed by atoms with E-state index in [1.54, 1.807) is 0 Å². The van der Waals surface area contributed by atoms with Crippen molar-refractivity contribution in [2.45, 2.75) is 0 Å². The van der Waals surface area contributed by atoms with E-state index >= 15 is 0 Å². The van der Waals surface area contributed by atoms with Gasteiger partial charge in [0.25, 0.3) is 22.7 Å². The Labute approximate surface area is 167 Å². The molecular weight excluding hydrogens is 520 g/mol. The Morgan fingerprint density at radius 2 is 0.407 bits per heavy atom. The van der Waals surface area contributed by atoms with E-state index in [0.29, 0.717) is 0 Å². The normalized spacial score (nSPS) is 11.8. The molecule has 0 saturated carbocycles. The van der Waals surface area contributed by atoms with Gasteiger partial charge in [0.15, 0.2) is 0 Å². The number of hydrogen-bond acceptors (Lipinski definition) is 12. The second-order valence-electron chi connectivity index (χ2n) is 1.33. The largest absolute Gasteiger partial charge is 4.00 e. The van der Waals surface area contributed by atoms with Crippen molar-refractivity contribution in [2.24, 2.45) is 0 Å². The van der Waals surface area contributed by atoms with Crippen molar-refractivity contribution in [1.29, 1.82) is 0 Å². The van der Waals surface area contributed by atoms with Crippen molar-refractivity contribution in [3.05, 3.63) is 7.43 Å². The molecule has 4 unspecified atom stereocenters. The van der Waals surface area contributed by atoms with Crippen LogP contribution in [0.4, 0.5) is 0 Å². The summed E-state index contributed by atoms with van der Waals surface area (Å²) in [6, 6.07) is 0. The van der Waals surface area contributed by atoms with Crippen LogP contribution in [-0.2, 0) is 68.2 Å². The van der Waals surface area contributed by atoms with E-state index in [1.807, 2.05) is 0 Å². The Balaban J connectivity index is -0.0000000201. The van der Waals surface area contributed by atoms with Crippen LogP contribution in [-0.4, -0.2) is 79.9 Å². The van der Waals surface area contributed by atoms with Crippen LogP contribution >= 0.6 is 0 Å². The fourth-order valence-electron chi connectivity index (χ4n) is 0. The summed E-state index contributed by atoms with van der Waals surface area (Å²) in [7, 11) is 0. The average Bonchev–Trinajstić information content (AvgIpc) is 2.08. The summed E-state index contributed by atoms with van der Waals surface area (Å²) in [6.07, 6.45) is 0. The van der Waals surface area contributed by atoms with Gasteiger partial charge < -0.3 is 48.7 Å². The van der Waals surface area contributed by atoms with Gasteiger partial charge in [-0.25, -0.2) is 16.8 Å². The Kier molecular flexibility index (Phi) is 105. The molecule has 0 saturated heterocycles. The quantitative estimate of drug-likeness (QED) is 0.139. The molecule has 14 N–H and O–H groups in total. The maximum atomic E-state index is 8.67. The molecule has 0 amide bonds. The molecule has 0 bridgehead atoms. The Morgan fingerprint density at radius 1 is 0.407 bits per heavy atom. The maximum Gasteiger partial charge on any atom is 4.00 e. The zero-order valence-electron chi connectivity index (χ0n) is 12.0. The van der Waals surface area contributed by atoms with E-state index in [-0.39, 0.29) is 19.7 Å². The average molecular weight is 535 g/mol. The first-order valence-corrected chi connectivity index (χ1v) is 9.38. The summed E-state index contributed by atoms with van der Waals surface area (Å²) < 4.78 is 142. The minimum atomic E-state index is -2.86. The maximum absolute atomic E-state index is 8.67. The van der Waals surface area contributed by atoms with Crippen LogP contribution in [0.25, 0.3) is 0 Å². The second kappa shape index (κ2) is 50.3. The fraction of sp³-hybridized carbons (Fsp3) is 0. The van der Waals surface area contributed by atoms with Gasteiger partial charge >= 0.3 is 7.43 Å². The van der Waals surface area contributed by atoms with Gasteiger partial charge in [-0.15, -0.1) is 0 Å². The summed E-state index contributed by atoms with van der Waals surface area (Å²) in [4.78, 5) is 0. The van der Waals surface area contributed by atoms with Crippen LogP contribution in [0.15, 0.2) is 0 Å². The number of hydrogen-bond donors (Lipinski definition) is 10. The third-order valence-electron chi connectivity index (χ3n) is 0. The zero-order chi connectivity index (χ0) is 21.5. The summed E-state index contributed by atoms with van der Waals surface area (Å²) >= 11 is -16.7. The summed E-state index contributed by atoms with van der Waals surface area (Å²) in [5.74, 6) is 0. The van der Waals surface area contributed by atoms with Gasteiger partial charge in [0.05, 0.1) is 45.4 Å². The van der Waals surface area contributed by atoms with Crippen LogP contribution < -0.4 is 12.3 Å². The minimum absolute atomic E-state index is 0. The molecule has 27 heavy (non-hydrogen) atoms. The minimum Gasteiger partial charge on any atom is -0.750 e. The van der Waals surface area contributed by atoms with Crippen molar-refractivity contribution in [3.63, 3.8) is 0 Å². The molecule has 0 radical (unpaired) electrons. The predicted molar refractivity (Wildman–Crippen MR) is 86.3 cm³/mol. The standard InChI is InChI=1S/C.2H3N.6H2O3S/c;;;6*1-4(2)3/h;2*1H3;6*(H2,1,2,3)/q+4;;;;;;;;/p-4. The molecule has 0 spiro atoms. The SMILES string of the molecule is N.N.O=S(O)O.O=S(O)O.O=S([O-])O.O=S([O-])O.O=S([O-])O.O=S([O-])O.[C+4]. The first kappa shape index (κ1) is 56.4. The molecule has 0 aliphatic heterocycles. The fourth-order valence-corrected chi connectivity index (χ4v) is 0. The molecule has 0 aromatic rings. The second-order valence-corrected chi connectivity index (χ2v) is 3.99. The molecule has 26 heteroatoms. The van der Waals surface area contributed by atoms with E-state index in [0.717, 1.165) is 0 Å².